The number of hydrogen-bond acceptors (Lipinski definition) is 8. The van der Waals surface area contributed by atoms with E-state index in [9.17, 15) is 14.9 Å². The van der Waals surface area contributed by atoms with Crippen molar-refractivity contribution in [2.24, 2.45) is 10.9 Å². The van der Waals surface area contributed by atoms with Gasteiger partial charge in [0.2, 0.25) is 11.7 Å². The molecule has 0 aliphatic carbocycles. The van der Waals surface area contributed by atoms with Crippen molar-refractivity contribution in [2.45, 2.75) is 30.7 Å². The molecule has 0 amide bonds. The second-order valence-electron chi connectivity index (χ2n) is 6.00. The fourth-order valence-corrected chi connectivity index (χ4v) is 2.98. The Labute approximate surface area is 149 Å². The number of ketones is 1. The average molecular weight is 368 g/mol. The third-order valence-corrected chi connectivity index (χ3v) is 4.48. The second-order valence-corrected chi connectivity index (χ2v) is 8.06. The van der Waals surface area contributed by atoms with Gasteiger partial charge in [-0.2, -0.15) is 5.26 Å². The van der Waals surface area contributed by atoms with Crippen LogP contribution in [0.3, 0.4) is 0 Å². The zero-order valence-corrected chi connectivity index (χ0v) is 16.1. The number of carbonyl (C=O) groups is 2. The molecule has 1 unspecified atom stereocenters. The van der Waals surface area contributed by atoms with E-state index in [2.05, 4.69) is 9.98 Å². The van der Waals surface area contributed by atoms with Crippen LogP contribution in [0.25, 0.3) is 0 Å². The molecule has 0 saturated heterocycles. The average Bonchev–Trinajstić information content (AvgIpc) is 2.87. The van der Waals surface area contributed by atoms with Crippen molar-refractivity contribution >= 4 is 47.0 Å². The van der Waals surface area contributed by atoms with E-state index < -0.39 is 23.3 Å². The molecular weight excluding hydrogens is 348 g/mol. The van der Waals surface area contributed by atoms with Crippen molar-refractivity contribution in [3.8, 4) is 6.07 Å². The summed E-state index contributed by atoms with van der Waals surface area (Å²) in [6.07, 6.45) is 3.33. The summed E-state index contributed by atoms with van der Waals surface area (Å²) in [7, 11) is 3.57. The van der Waals surface area contributed by atoms with Crippen LogP contribution in [0.15, 0.2) is 9.33 Å². The third-order valence-electron chi connectivity index (χ3n) is 2.43. The SMILES string of the molecule is CSc1nc(/N=C/N(C)C)c(C(=O)C(C#N)C(=O)OC(C)(C)C)s1. The fourth-order valence-electron chi connectivity index (χ4n) is 1.51. The van der Waals surface area contributed by atoms with Crippen LogP contribution in [0.4, 0.5) is 5.82 Å². The number of nitrogens with zero attached hydrogens (tertiary/aromatic N) is 4. The maximum Gasteiger partial charge on any atom is 0.332 e. The van der Waals surface area contributed by atoms with Gasteiger partial charge in [-0.15, -0.1) is 11.3 Å². The zero-order chi connectivity index (χ0) is 18.5. The molecule has 0 radical (unpaired) electrons. The van der Waals surface area contributed by atoms with Gasteiger partial charge >= 0.3 is 5.97 Å². The van der Waals surface area contributed by atoms with Crippen LogP contribution >= 0.6 is 23.1 Å². The van der Waals surface area contributed by atoms with Gasteiger partial charge in [-0.1, -0.05) is 11.8 Å². The van der Waals surface area contributed by atoms with E-state index in [1.54, 1.807) is 45.8 Å². The number of aliphatic imine (C=N–C) groups is 1. The highest BCUT2D eigenvalue weighted by Crippen LogP contribution is 2.33. The van der Waals surface area contributed by atoms with Gasteiger partial charge in [-0.05, 0) is 27.0 Å². The molecule has 0 aromatic carbocycles. The number of thiazole rings is 1. The topological polar surface area (TPSA) is 95.6 Å². The maximum atomic E-state index is 12.6. The highest BCUT2D eigenvalue weighted by Gasteiger charge is 2.34. The number of ether oxygens (including phenoxy) is 1. The van der Waals surface area contributed by atoms with Gasteiger partial charge in [0, 0.05) is 14.1 Å². The summed E-state index contributed by atoms with van der Waals surface area (Å²) in [5, 5.41) is 9.26. The summed E-state index contributed by atoms with van der Waals surface area (Å²) in [6, 6.07) is 1.73. The highest BCUT2D eigenvalue weighted by molar-refractivity contribution is 8.00. The van der Waals surface area contributed by atoms with Crippen molar-refractivity contribution in [1.29, 1.82) is 5.26 Å². The van der Waals surface area contributed by atoms with Gasteiger partial charge in [-0.25, -0.2) is 9.98 Å². The standard InChI is InChI=1S/C15H20N4O3S2/c1-15(2,3)22-13(21)9(7-16)10(20)11-12(17-8-19(4)5)18-14(23-6)24-11/h8-9H,1-6H3/b17-8+. The first-order valence-corrected chi connectivity index (χ1v) is 9.05. The predicted octanol–water partition coefficient (Wildman–Crippen LogP) is 2.75. The molecule has 0 aliphatic heterocycles. The van der Waals surface area contributed by atoms with E-state index in [4.69, 9.17) is 4.74 Å². The third kappa shape index (κ3) is 5.62. The van der Waals surface area contributed by atoms with E-state index in [-0.39, 0.29) is 10.7 Å². The number of Topliss-reactive ketones (excluding diaryl/α,β-unsaturated/α-hetero) is 1. The molecule has 9 heteroatoms. The first-order chi connectivity index (χ1) is 11.1. The molecule has 24 heavy (non-hydrogen) atoms. The van der Waals surface area contributed by atoms with Gasteiger partial charge in [-0.3, -0.25) is 9.59 Å². The Hall–Kier alpha value is -1.92. The van der Waals surface area contributed by atoms with Gasteiger partial charge in [0.15, 0.2) is 10.2 Å². The zero-order valence-electron chi connectivity index (χ0n) is 14.5. The quantitative estimate of drug-likeness (QED) is 0.190. The van der Waals surface area contributed by atoms with Crippen LogP contribution in [0, 0.1) is 17.2 Å². The Morgan fingerprint density at radius 1 is 1.46 bits per heavy atom. The summed E-state index contributed by atoms with van der Waals surface area (Å²) < 4.78 is 5.78. The van der Waals surface area contributed by atoms with Crippen LogP contribution in [0.2, 0.25) is 0 Å². The van der Waals surface area contributed by atoms with Crippen LogP contribution in [0.1, 0.15) is 30.4 Å². The first-order valence-electron chi connectivity index (χ1n) is 7.01. The number of thioether (sulfide) groups is 1. The van der Waals surface area contributed by atoms with Crippen molar-refractivity contribution in [3.05, 3.63) is 4.88 Å². The number of carbonyl (C=O) groups excluding carboxylic acids is 2. The normalized spacial score (nSPS) is 12.7. The van der Waals surface area contributed by atoms with Crippen molar-refractivity contribution in [2.75, 3.05) is 20.4 Å². The molecule has 0 saturated carbocycles. The molecule has 0 N–H and O–H groups in total. The maximum absolute atomic E-state index is 12.6. The molecule has 1 aromatic heterocycles. The van der Waals surface area contributed by atoms with Crippen molar-refractivity contribution in [1.82, 2.24) is 9.88 Å². The molecule has 0 aliphatic rings. The number of rotatable bonds is 6. The van der Waals surface area contributed by atoms with Crippen LogP contribution < -0.4 is 0 Å². The van der Waals surface area contributed by atoms with E-state index in [0.29, 0.717) is 4.34 Å². The molecule has 1 atom stereocenters. The smallest absolute Gasteiger partial charge is 0.332 e. The summed E-state index contributed by atoms with van der Waals surface area (Å²) in [4.78, 5) is 35.0. The van der Waals surface area contributed by atoms with E-state index in [0.717, 1.165) is 11.3 Å². The lowest BCUT2D eigenvalue weighted by Gasteiger charge is -2.20. The van der Waals surface area contributed by atoms with E-state index in [1.807, 2.05) is 6.26 Å². The Morgan fingerprint density at radius 3 is 2.54 bits per heavy atom. The molecule has 1 aromatic rings. The lowest BCUT2D eigenvalue weighted by atomic mass is 10.0. The Morgan fingerprint density at radius 2 is 2.08 bits per heavy atom. The Balaban J connectivity index is 3.18. The Kier molecular flexibility index (Phi) is 6.93. The summed E-state index contributed by atoms with van der Waals surface area (Å²) in [5.41, 5.74) is -0.781. The van der Waals surface area contributed by atoms with Crippen LogP contribution in [0.5, 0.6) is 0 Å². The van der Waals surface area contributed by atoms with Gasteiger partial charge < -0.3 is 9.64 Å². The van der Waals surface area contributed by atoms with Gasteiger partial charge in [0.25, 0.3) is 0 Å². The summed E-state index contributed by atoms with van der Waals surface area (Å²) >= 11 is 2.47. The molecular formula is C15H20N4O3S2. The molecule has 0 fully saturated rings. The minimum Gasteiger partial charge on any atom is -0.459 e. The molecule has 7 nitrogen and oxygen atoms in total. The number of aromatic nitrogens is 1. The van der Waals surface area contributed by atoms with Crippen molar-refractivity contribution < 1.29 is 14.3 Å². The minimum atomic E-state index is -1.53. The molecule has 1 heterocycles. The van der Waals surface area contributed by atoms with Crippen molar-refractivity contribution in [3.63, 3.8) is 0 Å². The van der Waals surface area contributed by atoms with Gasteiger partial charge in [0.1, 0.15) is 10.5 Å². The number of hydrogen-bond donors (Lipinski definition) is 0. The predicted molar refractivity (Wildman–Crippen MR) is 95.0 cm³/mol. The molecule has 0 spiro atoms. The fraction of sp³-hybridized carbons (Fsp3) is 0.533. The first kappa shape index (κ1) is 20.1. The highest BCUT2D eigenvalue weighted by atomic mass is 32.2. The lowest BCUT2D eigenvalue weighted by molar-refractivity contribution is -0.156. The second kappa shape index (κ2) is 8.26. The van der Waals surface area contributed by atoms with Crippen LogP contribution in [-0.4, -0.2) is 53.9 Å². The Bertz CT molecular complexity index is 684. The summed E-state index contributed by atoms with van der Waals surface area (Å²) in [6.45, 7) is 5.03. The number of esters is 1. The van der Waals surface area contributed by atoms with E-state index in [1.165, 1.54) is 18.1 Å². The van der Waals surface area contributed by atoms with Crippen LogP contribution in [-0.2, 0) is 9.53 Å². The summed E-state index contributed by atoms with van der Waals surface area (Å²) in [5.74, 6) is -2.84. The van der Waals surface area contributed by atoms with E-state index >= 15 is 0 Å². The molecule has 0 bridgehead atoms. The minimum absolute atomic E-state index is 0.176. The largest absolute Gasteiger partial charge is 0.459 e. The monoisotopic (exact) mass is 368 g/mol. The lowest BCUT2D eigenvalue weighted by Crippen LogP contribution is -2.31. The molecule has 1 rings (SSSR count). The molecule has 130 valence electrons. The number of nitriles is 1. The van der Waals surface area contributed by atoms with Gasteiger partial charge in [0.05, 0.1) is 12.4 Å².